The molecular formula is C20H28O4S2. The Balaban J connectivity index is 1.71. The maximum Gasteiger partial charge on any atom is 0.186 e. The largest absolute Gasteiger partial charge is 0.296 e. The first kappa shape index (κ1) is 17.7. The molecule has 5 aliphatic rings. The van der Waals surface area contributed by atoms with E-state index in [2.05, 4.69) is 27.7 Å². The molecule has 0 unspecified atom stereocenters. The zero-order valence-electron chi connectivity index (χ0n) is 16.4. The second-order valence-electron chi connectivity index (χ2n) is 10.8. The van der Waals surface area contributed by atoms with E-state index in [0.29, 0.717) is 0 Å². The van der Waals surface area contributed by atoms with E-state index < -0.39 is 40.6 Å². The molecule has 4 nitrogen and oxygen atoms in total. The van der Waals surface area contributed by atoms with Gasteiger partial charge in [0.05, 0.1) is 21.6 Å². The number of carbonyl (C=O) groups is 2. The van der Waals surface area contributed by atoms with Crippen LogP contribution in [-0.2, 0) is 31.2 Å². The topological polar surface area (TPSA) is 68.3 Å². The standard InChI is InChI=1S/C20H28O4S2/c1-15(2)11-7-9-17(15,5)13(21)19(11)25(23)20(26(19)24)12-8-10-18(6,14(20)22)16(12,3)4/h11-12H,7-10H2,1-6H3/t11-,12-,17-,18-,19?,20?,25?,26?/m0/s1. The predicted molar refractivity (Wildman–Crippen MR) is 101 cm³/mol. The van der Waals surface area contributed by atoms with Crippen LogP contribution in [-0.4, -0.2) is 28.1 Å². The highest BCUT2D eigenvalue weighted by molar-refractivity contribution is 8.24. The molecule has 4 atom stereocenters. The summed E-state index contributed by atoms with van der Waals surface area (Å²) in [5.74, 6) is -0.482. The Morgan fingerprint density at radius 3 is 1.23 bits per heavy atom. The highest BCUT2D eigenvalue weighted by Crippen LogP contribution is 2.80. The molecule has 4 bridgehead atoms. The summed E-state index contributed by atoms with van der Waals surface area (Å²) in [5.41, 5.74) is -1.80. The first-order valence-corrected chi connectivity index (χ1v) is 12.0. The summed E-state index contributed by atoms with van der Waals surface area (Å²) in [6.07, 6.45) is 3.10. The fraction of sp³-hybridized carbons (Fsp3) is 0.900. The van der Waals surface area contributed by atoms with E-state index in [1.54, 1.807) is 0 Å². The van der Waals surface area contributed by atoms with Crippen LogP contribution in [0.2, 0.25) is 0 Å². The van der Waals surface area contributed by atoms with Crippen LogP contribution >= 0.6 is 0 Å². The average molecular weight is 397 g/mol. The third-order valence-corrected chi connectivity index (χ3v) is 16.0. The Hall–Kier alpha value is -0.360. The summed E-state index contributed by atoms with van der Waals surface area (Å²) >= 11 is 0. The van der Waals surface area contributed by atoms with Crippen molar-refractivity contribution in [2.45, 2.75) is 75.4 Å². The highest BCUT2D eigenvalue weighted by Gasteiger charge is 2.93. The summed E-state index contributed by atoms with van der Waals surface area (Å²) in [5, 5.41) is 0. The third kappa shape index (κ3) is 1.17. The normalized spacial score (nSPS) is 61.0. The van der Waals surface area contributed by atoms with Crippen molar-refractivity contribution >= 4 is 33.2 Å². The van der Waals surface area contributed by atoms with Gasteiger partial charge >= 0.3 is 0 Å². The van der Waals surface area contributed by atoms with E-state index in [9.17, 15) is 18.0 Å². The van der Waals surface area contributed by atoms with Crippen molar-refractivity contribution in [2.24, 2.45) is 33.5 Å². The molecule has 4 saturated carbocycles. The van der Waals surface area contributed by atoms with Crippen LogP contribution in [0.25, 0.3) is 0 Å². The number of rotatable bonds is 0. The molecule has 0 radical (unpaired) electrons. The van der Waals surface area contributed by atoms with Gasteiger partial charge in [-0.15, -0.1) is 0 Å². The van der Waals surface area contributed by atoms with Crippen LogP contribution in [0.1, 0.15) is 67.2 Å². The minimum Gasteiger partial charge on any atom is -0.296 e. The number of Topliss-reactive ketones (excluding diaryl/α,β-unsaturated/α-hetero) is 2. The smallest absolute Gasteiger partial charge is 0.186 e. The highest BCUT2D eigenvalue weighted by atomic mass is 32.3. The molecule has 1 aliphatic heterocycles. The van der Waals surface area contributed by atoms with Gasteiger partial charge < -0.3 is 0 Å². The van der Waals surface area contributed by atoms with E-state index in [0.717, 1.165) is 25.7 Å². The number of hydrogen-bond donors (Lipinski definition) is 0. The summed E-state index contributed by atoms with van der Waals surface area (Å²) in [4.78, 5) is 27.1. The van der Waals surface area contributed by atoms with Gasteiger partial charge in [0.2, 0.25) is 0 Å². The molecule has 5 fully saturated rings. The van der Waals surface area contributed by atoms with Gasteiger partial charge in [0.25, 0.3) is 0 Å². The Kier molecular flexibility index (Phi) is 2.82. The minimum absolute atomic E-state index is 0.0907. The Morgan fingerprint density at radius 2 is 1.00 bits per heavy atom. The van der Waals surface area contributed by atoms with Crippen molar-refractivity contribution in [3.63, 3.8) is 0 Å². The summed E-state index contributed by atoms with van der Waals surface area (Å²) < 4.78 is 25.3. The van der Waals surface area contributed by atoms with E-state index >= 15 is 0 Å². The monoisotopic (exact) mass is 396 g/mol. The van der Waals surface area contributed by atoms with Crippen LogP contribution < -0.4 is 0 Å². The Labute approximate surface area is 160 Å². The lowest BCUT2D eigenvalue weighted by molar-refractivity contribution is -0.129. The quantitative estimate of drug-likeness (QED) is 0.631. The molecule has 0 aromatic heterocycles. The van der Waals surface area contributed by atoms with Gasteiger partial charge in [-0.25, -0.2) is 0 Å². The molecule has 1 heterocycles. The van der Waals surface area contributed by atoms with E-state index in [1.165, 1.54) is 0 Å². The molecule has 1 saturated heterocycles. The molecule has 6 heteroatoms. The van der Waals surface area contributed by atoms with Gasteiger partial charge in [-0.05, 0) is 36.5 Å². The van der Waals surface area contributed by atoms with Gasteiger partial charge in [-0.1, -0.05) is 41.5 Å². The maximum atomic E-state index is 14.0. The molecule has 5 rings (SSSR count). The second-order valence-corrected chi connectivity index (χ2v) is 15.0. The predicted octanol–water partition coefficient (Wildman–Crippen LogP) is 2.94. The summed E-state index contributed by atoms with van der Waals surface area (Å²) in [6, 6.07) is 0. The van der Waals surface area contributed by atoms with Crippen molar-refractivity contribution in [3.05, 3.63) is 0 Å². The number of carbonyl (C=O) groups excluding carboxylic acids is 2. The van der Waals surface area contributed by atoms with Crippen LogP contribution in [0.5, 0.6) is 0 Å². The van der Waals surface area contributed by atoms with E-state index in [4.69, 9.17) is 0 Å². The van der Waals surface area contributed by atoms with Crippen LogP contribution in [0, 0.1) is 33.5 Å². The van der Waals surface area contributed by atoms with Crippen LogP contribution in [0.3, 0.4) is 0 Å². The van der Waals surface area contributed by atoms with Gasteiger partial charge in [0.15, 0.2) is 19.7 Å². The van der Waals surface area contributed by atoms with Crippen molar-refractivity contribution in [1.29, 1.82) is 0 Å². The summed E-state index contributed by atoms with van der Waals surface area (Å²) in [6.45, 7) is 12.2. The van der Waals surface area contributed by atoms with Crippen molar-refractivity contribution in [1.82, 2.24) is 0 Å². The molecule has 0 aromatic carbocycles. The van der Waals surface area contributed by atoms with Gasteiger partial charge in [0, 0.05) is 22.7 Å². The number of fused-ring (bicyclic) bond motifs is 6. The van der Waals surface area contributed by atoms with Gasteiger partial charge in [-0.3, -0.25) is 18.0 Å². The summed E-state index contributed by atoms with van der Waals surface area (Å²) in [7, 11) is -3.39. The van der Waals surface area contributed by atoms with Crippen LogP contribution in [0.15, 0.2) is 0 Å². The fourth-order valence-electron chi connectivity index (χ4n) is 7.64. The molecule has 0 aromatic rings. The Bertz CT molecular complexity index is 774. The van der Waals surface area contributed by atoms with Crippen molar-refractivity contribution in [3.8, 4) is 0 Å². The SMILES string of the molecule is CC1(C)[C@@H]2CC[C@@]1(C)C(=O)C21S(=O)C2(C(=O)[C@]3(C)CC[C@H]2C3(C)C)S1=O. The molecule has 2 spiro atoms. The van der Waals surface area contributed by atoms with Crippen molar-refractivity contribution in [2.75, 3.05) is 0 Å². The second kappa shape index (κ2) is 4.14. The third-order valence-electron chi connectivity index (χ3n) is 10.1. The van der Waals surface area contributed by atoms with Crippen molar-refractivity contribution < 1.29 is 18.0 Å². The molecule has 0 N–H and O–H groups in total. The first-order chi connectivity index (χ1) is 11.8. The zero-order valence-corrected chi connectivity index (χ0v) is 18.1. The molecule has 26 heavy (non-hydrogen) atoms. The number of hydrogen-bond acceptors (Lipinski definition) is 4. The fourth-order valence-corrected chi connectivity index (χ4v) is 14.9. The van der Waals surface area contributed by atoms with Gasteiger partial charge in [0.1, 0.15) is 0 Å². The zero-order chi connectivity index (χ0) is 19.3. The van der Waals surface area contributed by atoms with E-state index in [-0.39, 0.29) is 34.2 Å². The van der Waals surface area contributed by atoms with Gasteiger partial charge in [-0.2, -0.15) is 0 Å². The number of ketones is 2. The molecule has 144 valence electrons. The van der Waals surface area contributed by atoms with E-state index in [1.807, 2.05) is 13.8 Å². The lowest BCUT2D eigenvalue weighted by atomic mass is 9.70. The van der Waals surface area contributed by atoms with Crippen LogP contribution in [0.4, 0.5) is 0 Å². The lowest BCUT2D eigenvalue weighted by Crippen LogP contribution is -2.78. The Morgan fingerprint density at radius 1 is 0.692 bits per heavy atom. The lowest BCUT2D eigenvalue weighted by Gasteiger charge is -2.56. The maximum absolute atomic E-state index is 14.0. The molecular weight excluding hydrogens is 368 g/mol. The molecule has 4 aliphatic carbocycles. The average Bonchev–Trinajstić information content (AvgIpc) is 3.04. The minimum atomic E-state index is -1.69. The first-order valence-electron chi connectivity index (χ1n) is 9.74. The molecule has 0 amide bonds.